The van der Waals surface area contributed by atoms with E-state index in [1.807, 2.05) is 6.92 Å². The minimum Gasteiger partial charge on any atom is -0.444 e. The fourth-order valence-corrected chi connectivity index (χ4v) is 4.85. The Morgan fingerprint density at radius 1 is 1.00 bits per heavy atom. The lowest BCUT2D eigenvalue weighted by molar-refractivity contribution is -0.127. The van der Waals surface area contributed by atoms with Gasteiger partial charge in [0.05, 0.1) is 16.1 Å². The number of unbranched alkanes of at least 4 members (excludes halogenated alkanes) is 1. The SMILES string of the molecule is CCCCN(c1ccccc1)S(=O)(=O)c1cccc(C(=O)OC(C(N)=O)c2ccc(F)cc2)c1. The van der Waals surface area contributed by atoms with Crippen molar-refractivity contribution in [3.05, 3.63) is 95.8 Å². The van der Waals surface area contributed by atoms with Crippen LogP contribution < -0.4 is 10.0 Å². The number of sulfonamides is 1. The molecular weight excluding hydrogens is 459 g/mol. The molecule has 9 heteroatoms. The number of primary amides is 1. The van der Waals surface area contributed by atoms with E-state index in [-0.39, 0.29) is 22.6 Å². The van der Waals surface area contributed by atoms with Crippen LogP contribution in [0.4, 0.5) is 10.1 Å². The van der Waals surface area contributed by atoms with Crippen molar-refractivity contribution < 1.29 is 27.1 Å². The second-order valence-electron chi connectivity index (χ2n) is 7.53. The number of nitrogens with zero attached hydrogens (tertiary/aromatic N) is 1. The van der Waals surface area contributed by atoms with E-state index < -0.39 is 33.8 Å². The number of rotatable bonds is 10. The summed E-state index contributed by atoms with van der Waals surface area (Å²) in [6.07, 6.45) is -0.0181. The van der Waals surface area contributed by atoms with Crippen LogP contribution in [0.5, 0.6) is 0 Å². The Hall–Kier alpha value is -3.72. The van der Waals surface area contributed by atoms with Gasteiger partial charge in [-0.3, -0.25) is 9.10 Å². The molecule has 3 aromatic carbocycles. The summed E-state index contributed by atoms with van der Waals surface area (Å²) in [5.41, 5.74) is 6.00. The Morgan fingerprint density at radius 3 is 2.29 bits per heavy atom. The van der Waals surface area contributed by atoms with Crippen molar-refractivity contribution in [3.8, 4) is 0 Å². The number of carbonyl (C=O) groups is 2. The van der Waals surface area contributed by atoms with Crippen LogP contribution in [0.2, 0.25) is 0 Å². The number of anilines is 1. The topological polar surface area (TPSA) is 107 Å². The number of para-hydroxylation sites is 1. The lowest BCUT2D eigenvalue weighted by atomic mass is 10.1. The van der Waals surface area contributed by atoms with Crippen molar-refractivity contribution >= 4 is 27.6 Å². The van der Waals surface area contributed by atoms with E-state index in [0.29, 0.717) is 12.1 Å². The Bertz CT molecular complexity index is 1250. The molecule has 2 N–H and O–H groups in total. The number of hydrogen-bond acceptors (Lipinski definition) is 5. The van der Waals surface area contributed by atoms with Gasteiger partial charge in [0.25, 0.3) is 15.9 Å². The zero-order valence-corrected chi connectivity index (χ0v) is 19.4. The van der Waals surface area contributed by atoms with Gasteiger partial charge in [-0.2, -0.15) is 0 Å². The Kier molecular flexibility index (Phi) is 8.01. The molecule has 0 heterocycles. The summed E-state index contributed by atoms with van der Waals surface area (Å²) in [4.78, 5) is 24.6. The first-order valence-electron chi connectivity index (χ1n) is 10.7. The van der Waals surface area contributed by atoms with Crippen LogP contribution in [0.3, 0.4) is 0 Å². The van der Waals surface area contributed by atoms with Crippen LogP contribution in [0.15, 0.2) is 83.8 Å². The van der Waals surface area contributed by atoms with Crippen molar-refractivity contribution in [1.29, 1.82) is 0 Å². The van der Waals surface area contributed by atoms with Crippen LogP contribution in [0.25, 0.3) is 0 Å². The summed E-state index contributed by atoms with van der Waals surface area (Å²) >= 11 is 0. The molecule has 0 saturated carbocycles. The zero-order chi connectivity index (χ0) is 24.7. The normalized spacial score (nSPS) is 12.1. The van der Waals surface area contributed by atoms with Crippen LogP contribution in [0, 0.1) is 5.82 Å². The lowest BCUT2D eigenvalue weighted by Crippen LogP contribution is -2.32. The molecular formula is C25H25FN2O5S. The number of benzene rings is 3. The average Bonchev–Trinajstić information content (AvgIpc) is 2.84. The maximum Gasteiger partial charge on any atom is 0.339 e. The third-order valence-corrected chi connectivity index (χ3v) is 6.90. The molecule has 1 atom stereocenters. The quantitative estimate of drug-likeness (QED) is 0.434. The highest BCUT2D eigenvalue weighted by molar-refractivity contribution is 7.92. The van der Waals surface area contributed by atoms with Gasteiger partial charge < -0.3 is 10.5 Å². The number of carbonyl (C=O) groups excluding carboxylic acids is 2. The zero-order valence-electron chi connectivity index (χ0n) is 18.6. The molecule has 1 unspecified atom stereocenters. The first kappa shape index (κ1) is 24.9. The highest BCUT2D eigenvalue weighted by Gasteiger charge is 2.27. The molecule has 0 fully saturated rings. The molecule has 0 spiro atoms. The third kappa shape index (κ3) is 5.79. The molecule has 3 aromatic rings. The maximum atomic E-state index is 13.5. The smallest absolute Gasteiger partial charge is 0.339 e. The fraction of sp³-hybridized carbons (Fsp3) is 0.200. The maximum absolute atomic E-state index is 13.5. The molecule has 3 rings (SSSR count). The summed E-state index contributed by atoms with van der Waals surface area (Å²) in [6.45, 7) is 2.23. The Morgan fingerprint density at radius 2 is 1.68 bits per heavy atom. The monoisotopic (exact) mass is 484 g/mol. The van der Waals surface area contributed by atoms with E-state index in [4.69, 9.17) is 10.5 Å². The molecule has 0 bridgehead atoms. The number of amides is 1. The van der Waals surface area contributed by atoms with E-state index in [2.05, 4.69) is 0 Å². The van der Waals surface area contributed by atoms with Gasteiger partial charge in [0, 0.05) is 12.1 Å². The van der Waals surface area contributed by atoms with Gasteiger partial charge in [0.15, 0.2) is 0 Å². The minimum absolute atomic E-state index is 0.0714. The summed E-state index contributed by atoms with van der Waals surface area (Å²) in [6, 6.07) is 18.9. The number of esters is 1. The number of hydrogen-bond donors (Lipinski definition) is 1. The lowest BCUT2D eigenvalue weighted by Gasteiger charge is -2.24. The summed E-state index contributed by atoms with van der Waals surface area (Å²) < 4.78 is 46.7. The standard InChI is InChI=1S/C25H25FN2O5S/c1-2-3-16-28(21-9-5-4-6-10-21)34(31,32)22-11-7-8-19(17-22)25(30)33-23(24(27)29)18-12-14-20(26)15-13-18/h4-15,17,23H,2-3,16H2,1H3,(H2,27,29). The van der Waals surface area contributed by atoms with Crippen molar-refractivity contribution in [2.75, 3.05) is 10.8 Å². The number of halogens is 1. The van der Waals surface area contributed by atoms with E-state index in [9.17, 15) is 22.4 Å². The molecule has 1 amide bonds. The van der Waals surface area contributed by atoms with Crippen LogP contribution in [-0.2, 0) is 19.6 Å². The second kappa shape index (κ2) is 10.9. The first-order valence-corrected chi connectivity index (χ1v) is 12.1. The Labute approximate surface area is 198 Å². The molecule has 7 nitrogen and oxygen atoms in total. The van der Waals surface area contributed by atoms with Gasteiger partial charge in [-0.25, -0.2) is 17.6 Å². The molecule has 0 aliphatic rings. The van der Waals surface area contributed by atoms with Crippen molar-refractivity contribution in [1.82, 2.24) is 0 Å². The molecule has 0 radical (unpaired) electrons. The minimum atomic E-state index is -3.99. The largest absolute Gasteiger partial charge is 0.444 e. The van der Waals surface area contributed by atoms with Gasteiger partial charge in [-0.1, -0.05) is 49.7 Å². The van der Waals surface area contributed by atoms with E-state index in [1.54, 1.807) is 30.3 Å². The molecule has 0 aliphatic heterocycles. The highest BCUT2D eigenvalue weighted by Crippen LogP contribution is 2.26. The third-order valence-electron chi connectivity index (χ3n) is 5.07. The number of nitrogens with two attached hydrogens (primary N) is 1. The van der Waals surface area contributed by atoms with Crippen molar-refractivity contribution in [3.63, 3.8) is 0 Å². The Balaban J connectivity index is 1.90. The summed E-state index contributed by atoms with van der Waals surface area (Å²) in [5.74, 6) is -2.41. The van der Waals surface area contributed by atoms with Crippen LogP contribution in [0.1, 0.15) is 41.8 Å². The van der Waals surface area contributed by atoms with Crippen LogP contribution in [-0.4, -0.2) is 26.8 Å². The van der Waals surface area contributed by atoms with E-state index >= 15 is 0 Å². The highest BCUT2D eigenvalue weighted by atomic mass is 32.2. The molecule has 178 valence electrons. The number of ether oxygens (including phenoxy) is 1. The predicted octanol–water partition coefficient (Wildman–Crippen LogP) is 4.20. The van der Waals surface area contributed by atoms with E-state index in [1.165, 1.54) is 40.7 Å². The predicted molar refractivity (Wildman–Crippen MR) is 126 cm³/mol. The van der Waals surface area contributed by atoms with Gasteiger partial charge in [0.2, 0.25) is 6.10 Å². The van der Waals surface area contributed by atoms with E-state index in [0.717, 1.165) is 18.6 Å². The molecule has 34 heavy (non-hydrogen) atoms. The van der Waals surface area contributed by atoms with Gasteiger partial charge in [0.1, 0.15) is 5.82 Å². The summed E-state index contributed by atoms with van der Waals surface area (Å²) in [7, 11) is -3.99. The van der Waals surface area contributed by atoms with Crippen LogP contribution >= 0.6 is 0 Å². The fourth-order valence-electron chi connectivity index (χ4n) is 3.30. The molecule has 0 aliphatic carbocycles. The van der Waals surface area contributed by atoms with Crippen molar-refractivity contribution in [2.24, 2.45) is 5.73 Å². The average molecular weight is 485 g/mol. The molecule has 0 saturated heterocycles. The van der Waals surface area contributed by atoms with Crippen molar-refractivity contribution in [2.45, 2.75) is 30.8 Å². The van der Waals surface area contributed by atoms with Gasteiger partial charge in [-0.15, -0.1) is 0 Å². The van der Waals surface area contributed by atoms with Gasteiger partial charge in [-0.05, 0) is 48.9 Å². The van der Waals surface area contributed by atoms with Gasteiger partial charge >= 0.3 is 5.97 Å². The first-order chi connectivity index (χ1) is 16.2. The summed E-state index contributed by atoms with van der Waals surface area (Å²) in [5, 5.41) is 0. The second-order valence-corrected chi connectivity index (χ2v) is 9.40. The molecule has 0 aromatic heterocycles.